The molecule has 2 fully saturated rings. The van der Waals surface area contributed by atoms with E-state index in [1.807, 2.05) is 53.6 Å². The van der Waals surface area contributed by atoms with E-state index in [0.29, 0.717) is 12.1 Å². The predicted octanol–water partition coefficient (Wildman–Crippen LogP) is 4.96. The molecule has 0 spiro atoms. The van der Waals surface area contributed by atoms with Gasteiger partial charge in [-0.25, -0.2) is 9.50 Å². The van der Waals surface area contributed by atoms with E-state index in [0.717, 1.165) is 69.0 Å². The number of fused-ring (bicyclic) bond motifs is 4. The first-order valence-electron chi connectivity index (χ1n) is 14.1. The summed E-state index contributed by atoms with van der Waals surface area (Å²) in [5, 5.41) is 13.7. The minimum Gasteiger partial charge on any atom is -0.377 e. The number of nitrogens with one attached hydrogen (secondary N) is 1. The standard InChI is InChI=1S/C32H31N9/c1-38(2)29-16-21(40-19-22-15-23(40)18-39(22)3)7-8-25(29)28-11-14-34-32-30(24-5-4-6-27-26(24)17-35-36-27)31(37-41(28)32)20-9-12-33-13-10-20/h4-14,16-17,22-23H,15,18-19H2,1-3H3,(H,35,36). The maximum Gasteiger partial charge on any atom is 0.164 e. The van der Waals surface area contributed by atoms with Crippen LogP contribution in [0.1, 0.15) is 6.42 Å². The van der Waals surface area contributed by atoms with Crippen molar-refractivity contribution in [3.63, 3.8) is 0 Å². The van der Waals surface area contributed by atoms with Gasteiger partial charge in [0.15, 0.2) is 5.65 Å². The number of aromatic nitrogens is 6. The minimum atomic E-state index is 0.584. The molecule has 2 bridgehead atoms. The molecule has 0 aliphatic carbocycles. The molecule has 2 aliphatic heterocycles. The molecule has 4 aromatic heterocycles. The summed E-state index contributed by atoms with van der Waals surface area (Å²) in [5.74, 6) is 0. The molecule has 9 heteroatoms. The summed E-state index contributed by atoms with van der Waals surface area (Å²) in [6.45, 7) is 2.22. The Bertz CT molecular complexity index is 1900. The van der Waals surface area contributed by atoms with Crippen molar-refractivity contribution in [3.8, 4) is 33.6 Å². The number of anilines is 2. The Kier molecular flexibility index (Phi) is 5.36. The number of nitrogens with zero attached hydrogens (tertiary/aromatic N) is 8. The number of hydrogen-bond donors (Lipinski definition) is 1. The zero-order valence-corrected chi connectivity index (χ0v) is 23.4. The largest absolute Gasteiger partial charge is 0.377 e. The van der Waals surface area contributed by atoms with E-state index in [1.54, 1.807) is 0 Å². The van der Waals surface area contributed by atoms with Crippen LogP contribution in [0.2, 0.25) is 0 Å². The summed E-state index contributed by atoms with van der Waals surface area (Å²) in [6.07, 6.45) is 8.63. The van der Waals surface area contributed by atoms with Gasteiger partial charge in [0.1, 0.15) is 5.69 Å². The third-order valence-corrected chi connectivity index (χ3v) is 8.81. The van der Waals surface area contributed by atoms with Crippen LogP contribution in [0.3, 0.4) is 0 Å². The van der Waals surface area contributed by atoms with Crippen molar-refractivity contribution < 1.29 is 0 Å². The van der Waals surface area contributed by atoms with Crippen molar-refractivity contribution in [2.45, 2.75) is 18.5 Å². The first-order valence-corrected chi connectivity index (χ1v) is 14.1. The van der Waals surface area contributed by atoms with Gasteiger partial charge in [0.05, 0.1) is 23.0 Å². The van der Waals surface area contributed by atoms with E-state index in [4.69, 9.17) is 10.1 Å². The molecular formula is C32H31N9. The van der Waals surface area contributed by atoms with E-state index >= 15 is 0 Å². The summed E-state index contributed by atoms with van der Waals surface area (Å²) in [4.78, 5) is 16.4. The minimum absolute atomic E-state index is 0.584. The summed E-state index contributed by atoms with van der Waals surface area (Å²) < 4.78 is 2.00. The summed E-state index contributed by atoms with van der Waals surface area (Å²) in [5.41, 5.74) is 10.2. The van der Waals surface area contributed by atoms with Crippen LogP contribution in [-0.2, 0) is 0 Å². The van der Waals surface area contributed by atoms with Gasteiger partial charge in [-0.3, -0.25) is 15.0 Å². The van der Waals surface area contributed by atoms with E-state index in [9.17, 15) is 0 Å². The molecule has 6 aromatic rings. The lowest BCUT2D eigenvalue weighted by Crippen LogP contribution is -2.44. The van der Waals surface area contributed by atoms with Crippen molar-refractivity contribution in [2.24, 2.45) is 0 Å². The number of benzene rings is 2. The second kappa shape index (κ2) is 9.14. The van der Waals surface area contributed by atoms with E-state index < -0.39 is 0 Å². The van der Waals surface area contributed by atoms with E-state index in [-0.39, 0.29) is 0 Å². The third kappa shape index (κ3) is 3.72. The van der Waals surface area contributed by atoms with Crippen molar-refractivity contribution in [1.29, 1.82) is 0 Å². The number of H-pyrrole nitrogens is 1. The van der Waals surface area contributed by atoms with Crippen LogP contribution in [0.25, 0.3) is 50.2 Å². The fraction of sp³-hybridized carbons (Fsp3) is 0.250. The van der Waals surface area contributed by atoms with Crippen molar-refractivity contribution in [3.05, 3.63) is 79.4 Å². The smallest absolute Gasteiger partial charge is 0.164 e. The average Bonchev–Trinajstić information content (AvgIpc) is 3.79. The Morgan fingerprint density at radius 2 is 1.80 bits per heavy atom. The number of hydrogen-bond acceptors (Lipinski definition) is 7. The lowest BCUT2D eigenvalue weighted by atomic mass is 9.99. The zero-order chi connectivity index (χ0) is 27.7. The number of aromatic amines is 1. The van der Waals surface area contributed by atoms with Crippen LogP contribution >= 0.6 is 0 Å². The topological polar surface area (TPSA) is 81.5 Å². The molecule has 2 unspecified atom stereocenters. The van der Waals surface area contributed by atoms with Gasteiger partial charge in [-0.1, -0.05) is 12.1 Å². The SMILES string of the molecule is CN(C)c1cc(N2CC3CC2CN3C)ccc1-c1ccnc2c(-c3cccc4[nH]ncc34)c(-c3ccncc3)nn12. The number of piperazine rings is 1. The molecule has 6 heterocycles. The Morgan fingerprint density at radius 1 is 0.927 bits per heavy atom. The molecule has 0 saturated carbocycles. The van der Waals surface area contributed by atoms with Crippen molar-refractivity contribution in [1.82, 2.24) is 34.7 Å². The lowest BCUT2D eigenvalue weighted by molar-refractivity contribution is 0.292. The highest BCUT2D eigenvalue weighted by Gasteiger charge is 2.41. The number of rotatable bonds is 5. The molecule has 2 saturated heterocycles. The van der Waals surface area contributed by atoms with E-state index in [1.165, 1.54) is 12.1 Å². The first kappa shape index (κ1) is 24.1. The molecule has 2 atom stereocenters. The number of pyridine rings is 1. The maximum atomic E-state index is 5.23. The second-order valence-corrected chi connectivity index (χ2v) is 11.4. The van der Waals surface area contributed by atoms with Crippen LogP contribution in [-0.4, -0.2) is 81.0 Å². The molecule has 8 rings (SSSR count). The highest BCUT2D eigenvalue weighted by molar-refractivity contribution is 6.03. The fourth-order valence-electron chi connectivity index (χ4n) is 6.76. The molecular weight excluding hydrogens is 510 g/mol. The van der Waals surface area contributed by atoms with Gasteiger partial charge in [0.2, 0.25) is 0 Å². The van der Waals surface area contributed by atoms with Crippen LogP contribution < -0.4 is 9.80 Å². The van der Waals surface area contributed by atoms with Crippen LogP contribution in [0.15, 0.2) is 79.4 Å². The molecule has 0 amide bonds. The van der Waals surface area contributed by atoms with Gasteiger partial charge in [-0.15, -0.1) is 0 Å². The van der Waals surface area contributed by atoms with Gasteiger partial charge in [0, 0.05) is 85.7 Å². The molecule has 2 aromatic carbocycles. The van der Waals surface area contributed by atoms with Gasteiger partial charge in [0.25, 0.3) is 0 Å². The third-order valence-electron chi connectivity index (χ3n) is 8.81. The molecule has 204 valence electrons. The lowest BCUT2D eigenvalue weighted by Gasteiger charge is -2.34. The summed E-state index contributed by atoms with van der Waals surface area (Å²) in [7, 11) is 6.47. The van der Waals surface area contributed by atoms with Gasteiger partial charge in [-0.05, 0) is 61.5 Å². The fourth-order valence-corrected chi connectivity index (χ4v) is 6.76. The zero-order valence-electron chi connectivity index (χ0n) is 23.4. The first-order chi connectivity index (χ1) is 20.1. The highest BCUT2D eigenvalue weighted by Crippen LogP contribution is 2.42. The molecule has 1 N–H and O–H groups in total. The Balaban J connectivity index is 1.33. The van der Waals surface area contributed by atoms with Crippen LogP contribution in [0.5, 0.6) is 0 Å². The quantitative estimate of drug-likeness (QED) is 0.330. The number of likely N-dealkylation sites (N-methyl/N-ethyl adjacent to an activating group) is 1. The van der Waals surface area contributed by atoms with Crippen LogP contribution in [0.4, 0.5) is 11.4 Å². The molecule has 2 aliphatic rings. The molecule has 0 radical (unpaired) electrons. The Morgan fingerprint density at radius 3 is 2.59 bits per heavy atom. The van der Waals surface area contributed by atoms with Crippen LogP contribution in [0, 0.1) is 0 Å². The van der Waals surface area contributed by atoms with Gasteiger partial charge in [-0.2, -0.15) is 10.2 Å². The van der Waals surface area contributed by atoms with Gasteiger partial charge < -0.3 is 9.80 Å². The molecule has 9 nitrogen and oxygen atoms in total. The van der Waals surface area contributed by atoms with E-state index in [2.05, 4.69) is 81.4 Å². The average molecular weight is 542 g/mol. The second-order valence-electron chi connectivity index (χ2n) is 11.4. The summed E-state index contributed by atoms with van der Waals surface area (Å²) in [6, 6.07) is 20.4. The predicted molar refractivity (Wildman–Crippen MR) is 163 cm³/mol. The number of likely N-dealkylation sites (tertiary alicyclic amines) is 1. The van der Waals surface area contributed by atoms with Gasteiger partial charge >= 0.3 is 0 Å². The molecule has 41 heavy (non-hydrogen) atoms. The Labute approximate surface area is 238 Å². The monoisotopic (exact) mass is 541 g/mol. The van der Waals surface area contributed by atoms with Crippen molar-refractivity contribution in [2.75, 3.05) is 44.0 Å². The summed E-state index contributed by atoms with van der Waals surface area (Å²) >= 11 is 0. The Hall–Kier alpha value is -4.76. The normalized spacial score (nSPS) is 18.7. The van der Waals surface area contributed by atoms with Crippen molar-refractivity contribution >= 4 is 27.9 Å². The highest BCUT2D eigenvalue weighted by atomic mass is 15.3. The maximum absolute atomic E-state index is 5.23.